The largest absolute Gasteiger partial charge is 0.497 e. The Labute approximate surface area is 210 Å². The van der Waals surface area contributed by atoms with Crippen molar-refractivity contribution in [3.05, 3.63) is 76.6 Å². The van der Waals surface area contributed by atoms with Gasteiger partial charge in [-0.25, -0.2) is 14.4 Å². The molecule has 1 aliphatic heterocycles. The van der Waals surface area contributed by atoms with E-state index in [9.17, 15) is 14.4 Å². The van der Waals surface area contributed by atoms with Crippen LogP contribution in [0.1, 0.15) is 39.2 Å². The van der Waals surface area contributed by atoms with Gasteiger partial charge < -0.3 is 30.2 Å². The molecule has 190 valence electrons. The van der Waals surface area contributed by atoms with Crippen molar-refractivity contribution in [1.82, 2.24) is 5.32 Å². The maximum Gasteiger partial charge on any atom is 0.336 e. The summed E-state index contributed by atoms with van der Waals surface area (Å²) in [4.78, 5) is 38.5. The number of hydrogen-bond donors (Lipinski definition) is 3. The fraction of sp³-hybridized carbons (Fsp3) is 0.296. The molecule has 36 heavy (non-hydrogen) atoms. The number of benzene rings is 2. The van der Waals surface area contributed by atoms with Crippen LogP contribution >= 0.6 is 0 Å². The summed E-state index contributed by atoms with van der Waals surface area (Å²) in [5, 5.41) is 8.67. The highest BCUT2D eigenvalue weighted by molar-refractivity contribution is 6.01. The summed E-state index contributed by atoms with van der Waals surface area (Å²) in [5.74, 6) is -1.12. The summed E-state index contributed by atoms with van der Waals surface area (Å²) >= 11 is 0. The monoisotopic (exact) mass is 493 g/mol. The molecule has 0 spiro atoms. The summed E-state index contributed by atoms with van der Waals surface area (Å²) in [5.41, 5.74) is 3.49. The van der Waals surface area contributed by atoms with Crippen molar-refractivity contribution in [3.63, 3.8) is 0 Å². The van der Waals surface area contributed by atoms with Gasteiger partial charge in [-0.15, -0.1) is 0 Å². The van der Waals surface area contributed by atoms with Crippen LogP contribution in [0.15, 0.2) is 71.1 Å². The maximum absolute atomic E-state index is 13.0. The Hall–Kier alpha value is -4.27. The minimum atomic E-state index is -0.740. The average molecular weight is 494 g/mol. The van der Waals surface area contributed by atoms with E-state index < -0.39 is 23.9 Å². The van der Waals surface area contributed by atoms with Crippen LogP contribution in [-0.2, 0) is 19.1 Å². The molecule has 0 atom stereocenters. The van der Waals surface area contributed by atoms with Crippen LogP contribution in [0.4, 0.5) is 16.2 Å². The Balaban J connectivity index is 1.94. The van der Waals surface area contributed by atoms with Crippen molar-refractivity contribution in [2.75, 3.05) is 31.0 Å². The number of anilines is 2. The molecule has 0 bridgehead atoms. The zero-order chi connectivity index (χ0) is 26.2. The van der Waals surface area contributed by atoms with E-state index in [0.717, 1.165) is 0 Å². The molecule has 1 aliphatic rings. The third kappa shape index (κ3) is 6.04. The maximum atomic E-state index is 13.0. The standard InChI is InChI=1S/C27H31N3O6/c1-6-35-25(31)22-16(3)28-17(4)23(26(32)36-7-2)24(22)18-9-8-10-20(15-18)30-27(33)29-19-11-13-21(34-5)14-12-19/h8-15,24,28H,6-7H2,1-5H3,(H2,29,30,33). The summed E-state index contributed by atoms with van der Waals surface area (Å²) in [6.07, 6.45) is 0. The Morgan fingerprint density at radius 2 is 1.39 bits per heavy atom. The molecule has 0 unspecified atom stereocenters. The topological polar surface area (TPSA) is 115 Å². The first-order valence-corrected chi connectivity index (χ1v) is 11.6. The van der Waals surface area contributed by atoms with Crippen molar-refractivity contribution < 1.29 is 28.6 Å². The van der Waals surface area contributed by atoms with Gasteiger partial charge in [0.1, 0.15) is 5.75 Å². The van der Waals surface area contributed by atoms with Crippen LogP contribution < -0.4 is 20.7 Å². The highest BCUT2D eigenvalue weighted by Crippen LogP contribution is 2.40. The molecule has 0 saturated heterocycles. The molecule has 0 radical (unpaired) electrons. The van der Waals surface area contributed by atoms with Crippen LogP contribution in [0.5, 0.6) is 5.75 Å². The molecule has 0 aromatic heterocycles. The molecule has 0 aliphatic carbocycles. The smallest absolute Gasteiger partial charge is 0.336 e. The first kappa shape index (κ1) is 26.3. The molecular formula is C27H31N3O6. The van der Waals surface area contributed by atoms with Crippen LogP contribution in [0.25, 0.3) is 0 Å². The molecule has 0 saturated carbocycles. The van der Waals surface area contributed by atoms with Crippen LogP contribution in [0.2, 0.25) is 0 Å². The van der Waals surface area contributed by atoms with Crippen molar-refractivity contribution in [1.29, 1.82) is 0 Å². The number of ether oxygens (including phenoxy) is 3. The Kier molecular flexibility index (Phi) is 8.72. The van der Waals surface area contributed by atoms with Gasteiger partial charge in [-0.1, -0.05) is 12.1 Å². The lowest BCUT2D eigenvalue weighted by Gasteiger charge is -2.30. The van der Waals surface area contributed by atoms with Crippen molar-refractivity contribution in [3.8, 4) is 5.75 Å². The predicted molar refractivity (Wildman–Crippen MR) is 137 cm³/mol. The fourth-order valence-electron chi connectivity index (χ4n) is 4.05. The minimum absolute atomic E-state index is 0.187. The van der Waals surface area contributed by atoms with Gasteiger partial charge in [0.2, 0.25) is 0 Å². The zero-order valence-corrected chi connectivity index (χ0v) is 21.1. The second-order valence-electron chi connectivity index (χ2n) is 8.01. The van der Waals surface area contributed by atoms with Crippen molar-refractivity contribution in [2.45, 2.75) is 33.6 Å². The SMILES string of the molecule is CCOC(=O)C1=C(C)NC(C)=C(C(=O)OCC)C1c1cccc(NC(=O)Nc2ccc(OC)cc2)c1. The van der Waals surface area contributed by atoms with Crippen molar-refractivity contribution >= 4 is 29.3 Å². The van der Waals surface area contributed by atoms with E-state index in [4.69, 9.17) is 14.2 Å². The van der Waals surface area contributed by atoms with E-state index in [2.05, 4.69) is 16.0 Å². The quantitative estimate of drug-likeness (QED) is 0.457. The average Bonchev–Trinajstić information content (AvgIpc) is 2.84. The third-order valence-electron chi connectivity index (χ3n) is 5.58. The van der Waals surface area contributed by atoms with Crippen LogP contribution in [0, 0.1) is 0 Å². The number of dihydropyridines is 1. The summed E-state index contributed by atoms with van der Waals surface area (Å²) in [7, 11) is 1.57. The Morgan fingerprint density at radius 3 is 1.92 bits per heavy atom. The number of hydrogen-bond acceptors (Lipinski definition) is 7. The van der Waals surface area contributed by atoms with Crippen molar-refractivity contribution in [2.24, 2.45) is 0 Å². The number of carbonyl (C=O) groups excluding carboxylic acids is 3. The zero-order valence-electron chi connectivity index (χ0n) is 21.1. The van der Waals surface area contributed by atoms with Gasteiger partial charge >= 0.3 is 18.0 Å². The molecule has 3 N–H and O–H groups in total. The minimum Gasteiger partial charge on any atom is -0.497 e. The number of rotatable bonds is 8. The van der Waals surface area contributed by atoms with Gasteiger partial charge in [0, 0.05) is 22.8 Å². The highest BCUT2D eigenvalue weighted by atomic mass is 16.5. The molecule has 3 rings (SSSR count). The number of nitrogens with one attached hydrogen (secondary N) is 3. The molecule has 1 heterocycles. The van der Waals surface area contributed by atoms with E-state index in [0.29, 0.717) is 45.2 Å². The van der Waals surface area contributed by atoms with E-state index >= 15 is 0 Å². The lowest BCUT2D eigenvalue weighted by atomic mass is 9.80. The number of amides is 2. The van der Waals surface area contributed by atoms with Gasteiger partial charge in [-0.05, 0) is 69.7 Å². The molecule has 2 amide bonds. The molecule has 2 aromatic rings. The van der Waals surface area contributed by atoms with Gasteiger partial charge in [0.15, 0.2) is 0 Å². The third-order valence-corrected chi connectivity index (χ3v) is 5.58. The number of esters is 2. The van der Waals surface area contributed by atoms with E-state index in [1.54, 1.807) is 83.3 Å². The van der Waals surface area contributed by atoms with Crippen LogP contribution in [-0.4, -0.2) is 38.3 Å². The first-order valence-electron chi connectivity index (χ1n) is 11.6. The number of urea groups is 1. The van der Waals surface area contributed by atoms with Crippen LogP contribution in [0.3, 0.4) is 0 Å². The molecule has 2 aromatic carbocycles. The number of methoxy groups -OCH3 is 1. The molecule has 0 fully saturated rings. The van der Waals surface area contributed by atoms with E-state index in [1.165, 1.54) is 0 Å². The second-order valence-corrected chi connectivity index (χ2v) is 8.01. The van der Waals surface area contributed by atoms with E-state index in [1.807, 2.05) is 0 Å². The molecule has 9 heteroatoms. The Morgan fingerprint density at radius 1 is 0.833 bits per heavy atom. The molecular weight excluding hydrogens is 462 g/mol. The predicted octanol–water partition coefficient (Wildman–Crippen LogP) is 4.70. The Bertz CT molecular complexity index is 1160. The summed E-state index contributed by atoms with van der Waals surface area (Å²) in [6.45, 7) is 7.33. The lowest BCUT2D eigenvalue weighted by molar-refractivity contribution is -0.139. The normalized spacial score (nSPS) is 13.6. The van der Waals surface area contributed by atoms with Gasteiger partial charge in [-0.2, -0.15) is 0 Å². The van der Waals surface area contributed by atoms with Gasteiger partial charge in [0.25, 0.3) is 0 Å². The summed E-state index contributed by atoms with van der Waals surface area (Å²) < 4.78 is 15.7. The number of allylic oxidation sites excluding steroid dienone is 2. The van der Waals surface area contributed by atoms with E-state index in [-0.39, 0.29) is 13.2 Å². The fourth-order valence-corrected chi connectivity index (χ4v) is 4.05. The lowest BCUT2D eigenvalue weighted by Crippen LogP contribution is -2.32. The second kappa shape index (κ2) is 11.9. The van der Waals surface area contributed by atoms with Gasteiger partial charge in [-0.3, -0.25) is 0 Å². The highest BCUT2D eigenvalue weighted by Gasteiger charge is 2.38. The molecule has 9 nitrogen and oxygen atoms in total. The summed E-state index contributed by atoms with van der Waals surface area (Å²) in [6, 6.07) is 13.5. The first-order chi connectivity index (χ1) is 17.3. The van der Waals surface area contributed by atoms with Gasteiger partial charge in [0.05, 0.1) is 37.4 Å². The number of carbonyl (C=O) groups is 3.